The van der Waals surface area contributed by atoms with Crippen molar-refractivity contribution < 1.29 is 28.3 Å². The normalized spacial score (nSPS) is 14.4. The Hall–Kier alpha value is -3.34. The van der Waals surface area contributed by atoms with Gasteiger partial charge < -0.3 is 14.5 Å². The Morgan fingerprint density at radius 2 is 1.89 bits per heavy atom. The van der Waals surface area contributed by atoms with Crippen molar-refractivity contribution in [2.75, 3.05) is 18.5 Å². The molecule has 1 aliphatic heterocycles. The molecule has 0 saturated carbocycles. The summed E-state index contributed by atoms with van der Waals surface area (Å²) in [5, 5.41) is 2.47. The van der Waals surface area contributed by atoms with Crippen LogP contribution in [-0.2, 0) is 14.3 Å². The number of nitrogens with one attached hydrogen (secondary N) is 1. The maximum atomic E-state index is 12.8. The van der Waals surface area contributed by atoms with Crippen molar-refractivity contribution in [1.29, 1.82) is 0 Å². The van der Waals surface area contributed by atoms with Gasteiger partial charge in [0.15, 0.2) is 0 Å². The number of nitrogens with zero attached hydrogens (tertiary/aromatic N) is 1. The number of halogens is 2. The molecule has 2 aromatic carbocycles. The molecule has 184 valence electrons. The van der Waals surface area contributed by atoms with Gasteiger partial charge in [-0.1, -0.05) is 23.7 Å². The molecule has 11 heteroatoms. The molecule has 1 aromatic heterocycles. The number of thioether (sulfide) groups is 1. The third kappa shape index (κ3) is 5.89. The molecule has 1 saturated heterocycles. The first-order valence-electron chi connectivity index (χ1n) is 10.6. The summed E-state index contributed by atoms with van der Waals surface area (Å²) in [6.07, 6.45) is 1.45. The molecule has 0 radical (unpaired) electrons. The van der Waals surface area contributed by atoms with Crippen LogP contribution in [0.1, 0.15) is 23.0 Å². The molecule has 8 nitrogen and oxygen atoms in total. The van der Waals surface area contributed by atoms with E-state index in [4.69, 9.17) is 20.8 Å². The van der Waals surface area contributed by atoms with E-state index in [9.17, 15) is 19.2 Å². The van der Waals surface area contributed by atoms with Gasteiger partial charge >= 0.3 is 5.97 Å². The second kappa shape index (κ2) is 11.2. The van der Waals surface area contributed by atoms with Crippen LogP contribution in [0.3, 0.4) is 0 Å². The Kier molecular flexibility index (Phi) is 7.97. The van der Waals surface area contributed by atoms with E-state index in [1.165, 1.54) is 6.08 Å². The molecule has 2 heterocycles. The molecule has 3 amide bonds. The van der Waals surface area contributed by atoms with Crippen molar-refractivity contribution in [1.82, 2.24) is 4.90 Å². The van der Waals surface area contributed by atoms with E-state index in [2.05, 4.69) is 21.2 Å². The number of hydrogen-bond acceptors (Lipinski definition) is 7. The Morgan fingerprint density at radius 1 is 1.14 bits per heavy atom. The standard InChI is InChI=1S/C25H18BrClN2O6S/c1-2-34-24(32)15-5-3-14(4-6-15)20-10-8-17(35-20)12-21-23(31)29(25(33)36-21)13-22(30)28-16-7-9-18(26)19(27)11-16/h3-12H,2,13H2,1H3,(H,28,30)/b21-12+. The highest BCUT2D eigenvalue weighted by Crippen LogP contribution is 2.33. The van der Waals surface area contributed by atoms with E-state index in [1.54, 1.807) is 61.5 Å². The minimum Gasteiger partial charge on any atom is -0.462 e. The Labute approximate surface area is 223 Å². The number of anilines is 1. The number of imide groups is 1. The fraction of sp³-hybridized carbons (Fsp3) is 0.120. The van der Waals surface area contributed by atoms with Crippen molar-refractivity contribution in [3.63, 3.8) is 0 Å². The number of ether oxygens (including phenoxy) is 1. The third-order valence-electron chi connectivity index (χ3n) is 4.96. The lowest BCUT2D eigenvalue weighted by Gasteiger charge is -2.12. The third-order valence-corrected chi connectivity index (χ3v) is 7.10. The van der Waals surface area contributed by atoms with Crippen LogP contribution in [0, 0.1) is 0 Å². The lowest BCUT2D eigenvalue weighted by atomic mass is 10.1. The highest BCUT2D eigenvalue weighted by atomic mass is 79.9. The van der Waals surface area contributed by atoms with Crippen LogP contribution in [0.25, 0.3) is 17.4 Å². The van der Waals surface area contributed by atoms with Gasteiger partial charge in [0.25, 0.3) is 11.1 Å². The quantitative estimate of drug-likeness (QED) is 0.258. The summed E-state index contributed by atoms with van der Waals surface area (Å²) < 4.78 is 11.4. The first-order chi connectivity index (χ1) is 17.2. The monoisotopic (exact) mass is 588 g/mol. The summed E-state index contributed by atoms with van der Waals surface area (Å²) in [4.78, 5) is 50.3. The van der Waals surface area contributed by atoms with Crippen LogP contribution in [0.4, 0.5) is 10.5 Å². The molecule has 0 spiro atoms. The molecule has 0 bridgehead atoms. The summed E-state index contributed by atoms with van der Waals surface area (Å²) in [7, 11) is 0. The fourth-order valence-electron chi connectivity index (χ4n) is 3.25. The van der Waals surface area contributed by atoms with E-state index in [1.807, 2.05) is 0 Å². The number of carbonyl (C=O) groups is 4. The molecule has 36 heavy (non-hydrogen) atoms. The second-order valence-electron chi connectivity index (χ2n) is 7.44. The average Bonchev–Trinajstić information content (AvgIpc) is 3.42. The van der Waals surface area contributed by atoms with Gasteiger partial charge in [-0.15, -0.1) is 0 Å². The Balaban J connectivity index is 1.42. The largest absolute Gasteiger partial charge is 0.462 e. The van der Waals surface area contributed by atoms with Crippen LogP contribution < -0.4 is 5.32 Å². The maximum absolute atomic E-state index is 12.8. The summed E-state index contributed by atoms with van der Waals surface area (Å²) >= 11 is 10.0. The molecular formula is C25H18BrClN2O6S. The predicted molar refractivity (Wildman–Crippen MR) is 141 cm³/mol. The molecule has 4 rings (SSSR count). The van der Waals surface area contributed by atoms with E-state index in [0.29, 0.717) is 32.3 Å². The van der Waals surface area contributed by atoms with Crippen molar-refractivity contribution in [2.45, 2.75) is 6.92 Å². The Morgan fingerprint density at radius 3 is 2.58 bits per heavy atom. The first kappa shape index (κ1) is 25.7. The topological polar surface area (TPSA) is 106 Å². The zero-order valence-corrected chi connectivity index (χ0v) is 21.9. The minimum atomic E-state index is -0.592. The van der Waals surface area contributed by atoms with Crippen molar-refractivity contribution >= 4 is 74.1 Å². The molecule has 0 unspecified atom stereocenters. The number of hydrogen-bond donors (Lipinski definition) is 1. The number of rotatable bonds is 7. The van der Waals surface area contributed by atoms with Crippen molar-refractivity contribution in [3.8, 4) is 11.3 Å². The highest BCUT2D eigenvalue weighted by molar-refractivity contribution is 9.10. The van der Waals surface area contributed by atoms with E-state index in [0.717, 1.165) is 22.2 Å². The summed E-state index contributed by atoms with van der Waals surface area (Å²) in [5.74, 6) is -0.661. The van der Waals surface area contributed by atoms with Gasteiger partial charge in [0.2, 0.25) is 5.91 Å². The van der Waals surface area contributed by atoms with E-state index >= 15 is 0 Å². The average molecular weight is 590 g/mol. The van der Waals surface area contributed by atoms with Crippen molar-refractivity contribution in [2.24, 2.45) is 0 Å². The summed E-state index contributed by atoms with van der Waals surface area (Å²) in [5.41, 5.74) is 1.59. The number of amides is 3. The van der Waals surface area contributed by atoms with Gasteiger partial charge in [0, 0.05) is 21.8 Å². The van der Waals surface area contributed by atoms with Crippen LogP contribution in [0.2, 0.25) is 5.02 Å². The van der Waals surface area contributed by atoms with Gasteiger partial charge in [-0.2, -0.15) is 0 Å². The lowest BCUT2D eigenvalue weighted by Crippen LogP contribution is -2.36. The zero-order chi connectivity index (χ0) is 25.8. The molecule has 1 N–H and O–H groups in total. The second-order valence-corrected chi connectivity index (χ2v) is 9.70. The number of furan rings is 1. The van der Waals surface area contributed by atoms with Gasteiger partial charge in [0.05, 0.1) is 22.1 Å². The molecule has 1 fully saturated rings. The summed E-state index contributed by atoms with van der Waals surface area (Å²) in [6, 6.07) is 14.9. The van der Waals surface area contributed by atoms with Gasteiger partial charge in [-0.3, -0.25) is 19.3 Å². The van der Waals surface area contributed by atoms with Gasteiger partial charge in [-0.05, 0) is 77.1 Å². The van der Waals surface area contributed by atoms with Gasteiger partial charge in [0.1, 0.15) is 18.1 Å². The number of benzene rings is 2. The predicted octanol–water partition coefficient (Wildman–Crippen LogP) is 6.21. The first-order valence-corrected chi connectivity index (χ1v) is 12.6. The van der Waals surface area contributed by atoms with Crippen LogP contribution in [0.5, 0.6) is 0 Å². The van der Waals surface area contributed by atoms with Gasteiger partial charge in [-0.25, -0.2) is 4.79 Å². The molecular weight excluding hydrogens is 572 g/mol. The van der Waals surface area contributed by atoms with Crippen LogP contribution in [0.15, 0.2) is 68.4 Å². The fourth-order valence-corrected chi connectivity index (χ4v) is 4.50. The van der Waals surface area contributed by atoms with Crippen molar-refractivity contribution in [3.05, 3.63) is 80.3 Å². The SMILES string of the molecule is CCOC(=O)c1ccc(-c2ccc(/C=C3/SC(=O)N(CC(=O)Nc4ccc(Br)c(Cl)c4)C3=O)o2)cc1. The molecule has 1 aliphatic rings. The summed E-state index contributed by atoms with van der Waals surface area (Å²) in [6.45, 7) is 1.59. The van der Waals surface area contributed by atoms with E-state index < -0.39 is 29.6 Å². The molecule has 0 atom stereocenters. The molecule has 3 aromatic rings. The molecule has 0 aliphatic carbocycles. The number of esters is 1. The smallest absolute Gasteiger partial charge is 0.338 e. The lowest BCUT2D eigenvalue weighted by molar-refractivity contribution is -0.127. The Bertz CT molecular complexity index is 1390. The minimum absolute atomic E-state index is 0.137. The maximum Gasteiger partial charge on any atom is 0.338 e. The highest BCUT2D eigenvalue weighted by Gasteiger charge is 2.36. The van der Waals surface area contributed by atoms with Crippen LogP contribution in [-0.4, -0.2) is 41.1 Å². The van der Waals surface area contributed by atoms with E-state index in [-0.39, 0.29) is 11.5 Å². The number of carbonyl (C=O) groups excluding carboxylic acids is 4. The van der Waals surface area contributed by atoms with Crippen LogP contribution >= 0.6 is 39.3 Å². The zero-order valence-electron chi connectivity index (χ0n) is 18.7.